The summed E-state index contributed by atoms with van der Waals surface area (Å²) in [7, 11) is 0. The van der Waals surface area contributed by atoms with Crippen LogP contribution in [-0.2, 0) is 24.7 Å². The molecule has 0 N–H and O–H groups in total. The van der Waals surface area contributed by atoms with E-state index in [-0.39, 0.29) is 10.8 Å². The molecule has 0 spiro atoms. The Hall–Kier alpha value is -3.90. The molecule has 4 aromatic carbocycles. The largest absolute Gasteiger partial charge is 0.103 e. The highest BCUT2D eigenvalue weighted by atomic mass is 14.5. The van der Waals surface area contributed by atoms with Crippen molar-refractivity contribution in [3.63, 3.8) is 0 Å². The lowest BCUT2D eigenvalue weighted by Crippen LogP contribution is -2.22. The SMILES string of the molecule is C=CCc1cc(C(C)C)c(C2=C3C(=C(c4c(C)cc(CCC)cc4C(C)C)C2(C)C)c2ccc(CC=C)c4cccc3c24)c(C(C)(C)C)c1. The molecule has 0 unspecified atom stereocenters. The van der Waals surface area contributed by atoms with Gasteiger partial charge in [0.05, 0.1) is 0 Å². The van der Waals surface area contributed by atoms with E-state index in [1.807, 2.05) is 6.08 Å². The lowest BCUT2D eigenvalue weighted by molar-refractivity contribution is 0.581. The van der Waals surface area contributed by atoms with Crippen molar-refractivity contribution in [3.05, 3.63) is 141 Å². The Balaban J connectivity index is 1.84. The summed E-state index contributed by atoms with van der Waals surface area (Å²) in [4.78, 5) is 0. The summed E-state index contributed by atoms with van der Waals surface area (Å²) in [5, 5.41) is 2.77. The molecule has 2 aliphatic carbocycles. The molecule has 0 nitrogen and oxygen atoms in total. The number of rotatable bonds is 10. The van der Waals surface area contributed by atoms with Crippen molar-refractivity contribution in [1.82, 2.24) is 0 Å². The summed E-state index contributed by atoms with van der Waals surface area (Å²) < 4.78 is 0. The summed E-state index contributed by atoms with van der Waals surface area (Å²) in [6.07, 6.45) is 8.12. The number of hydrogen-bond donors (Lipinski definition) is 0. The summed E-state index contributed by atoms with van der Waals surface area (Å²) in [6, 6.07) is 21.8. The summed E-state index contributed by atoms with van der Waals surface area (Å²) in [6.45, 7) is 34.7. The molecule has 2 aliphatic rings. The van der Waals surface area contributed by atoms with Gasteiger partial charge in [0.25, 0.3) is 0 Å². The second-order valence-electron chi connectivity index (χ2n) is 16.9. The zero-order chi connectivity index (χ0) is 35.6. The average molecular weight is 647 g/mol. The van der Waals surface area contributed by atoms with Gasteiger partial charge in [-0.2, -0.15) is 0 Å². The average Bonchev–Trinajstić information content (AvgIpc) is 3.46. The normalized spacial score (nSPS) is 15.3. The van der Waals surface area contributed by atoms with Crippen LogP contribution in [-0.4, -0.2) is 0 Å². The van der Waals surface area contributed by atoms with E-state index in [2.05, 4.69) is 150 Å². The second kappa shape index (κ2) is 12.8. The Kier molecular flexibility index (Phi) is 9.11. The number of allylic oxidation sites excluding steroid dienone is 6. The first-order valence-electron chi connectivity index (χ1n) is 18.8. The van der Waals surface area contributed by atoms with E-state index in [1.54, 1.807) is 0 Å². The molecule has 0 aromatic heterocycles. The van der Waals surface area contributed by atoms with Gasteiger partial charge < -0.3 is 0 Å². The molecule has 49 heavy (non-hydrogen) atoms. The maximum absolute atomic E-state index is 4.12. The second-order valence-corrected chi connectivity index (χ2v) is 16.9. The van der Waals surface area contributed by atoms with Crippen LogP contribution in [0.25, 0.3) is 33.1 Å². The highest BCUT2D eigenvalue weighted by Gasteiger charge is 2.48. The molecular formula is C49H58. The van der Waals surface area contributed by atoms with Crippen LogP contribution in [0.5, 0.6) is 0 Å². The highest BCUT2D eigenvalue weighted by Crippen LogP contribution is 2.67. The zero-order valence-electron chi connectivity index (χ0n) is 32.2. The molecule has 0 radical (unpaired) electrons. The van der Waals surface area contributed by atoms with E-state index in [0.29, 0.717) is 11.8 Å². The van der Waals surface area contributed by atoms with Crippen LogP contribution in [0, 0.1) is 12.3 Å². The number of hydrogen-bond acceptors (Lipinski definition) is 0. The topological polar surface area (TPSA) is 0 Å². The lowest BCUT2D eigenvalue weighted by Gasteiger charge is -2.36. The Morgan fingerprint density at radius 2 is 1.33 bits per heavy atom. The van der Waals surface area contributed by atoms with Crippen LogP contribution < -0.4 is 0 Å². The Morgan fingerprint density at radius 3 is 1.92 bits per heavy atom. The van der Waals surface area contributed by atoms with Crippen molar-refractivity contribution >= 4 is 33.1 Å². The Morgan fingerprint density at radius 1 is 0.735 bits per heavy atom. The quantitative estimate of drug-likeness (QED) is 0.150. The first-order valence-corrected chi connectivity index (χ1v) is 18.8. The molecule has 6 rings (SSSR count). The van der Waals surface area contributed by atoms with Gasteiger partial charge in [-0.15, -0.1) is 13.2 Å². The van der Waals surface area contributed by atoms with Crippen molar-refractivity contribution < 1.29 is 0 Å². The van der Waals surface area contributed by atoms with E-state index < -0.39 is 0 Å². The van der Waals surface area contributed by atoms with E-state index >= 15 is 0 Å². The molecule has 0 heteroatoms. The monoisotopic (exact) mass is 646 g/mol. The van der Waals surface area contributed by atoms with Crippen molar-refractivity contribution in [2.24, 2.45) is 5.41 Å². The van der Waals surface area contributed by atoms with Crippen LogP contribution in [0.1, 0.15) is 149 Å². The van der Waals surface area contributed by atoms with Crippen molar-refractivity contribution in [2.75, 3.05) is 0 Å². The van der Waals surface area contributed by atoms with Gasteiger partial charge in [0.2, 0.25) is 0 Å². The van der Waals surface area contributed by atoms with Crippen LogP contribution in [0.4, 0.5) is 0 Å². The molecule has 0 amide bonds. The fourth-order valence-corrected chi connectivity index (χ4v) is 9.09. The molecule has 0 atom stereocenters. The minimum absolute atomic E-state index is 0.0435. The maximum atomic E-state index is 4.12. The third kappa shape index (κ3) is 5.60. The molecule has 0 aliphatic heterocycles. The van der Waals surface area contributed by atoms with Gasteiger partial charge >= 0.3 is 0 Å². The maximum Gasteiger partial charge on any atom is 0.0171 e. The third-order valence-electron chi connectivity index (χ3n) is 11.2. The van der Waals surface area contributed by atoms with Gasteiger partial charge in [0.15, 0.2) is 0 Å². The van der Waals surface area contributed by atoms with Crippen LogP contribution in [0.3, 0.4) is 0 Å². The molecule has 4 aromatic rings. The molecule has 0 fully saturated rings. The number of fused-ring (bicyclic) bond motifs is 3. The Bertz CT molecular complexity index is 2060. The predicted octanol–water partition coefficient (Wildman–Crippen LogP) is 14.0. The fraction of sp³-hybridized carbons (Fsp3) is 0.388. The van der Waals surface area contributed by atoms with E-state index in [0.717, 1.165) is 25.7 Å². The highest BCUT2D eigenvalue weighted by molar-refractivity contribution is 6.38. The van der Waals surface area contributed by atoms with Crippen LogP contribution in [0.2, 0.25) is 0 Å². The standard InChI is InChI=1S/C49H58/c1-14-18-32-25-31(8)41(38(26-32)29(4)5)46-45-37-24-23-34(20-16-3)35-21-17-22-36(42(35)37)44(45)47(49(46,12)13)43-39(30(6)7)27-33(19-15-2)28-40(43)48(9,10)11/h15-17,21-30H,2-3,14,18-20H2,1,4-13H3. The summed E-state index contributed by atoms with van der Waals surface area (Å²) >= 11 is 0. The van der Waals surface area contributed by atoms with Gasteiger partial charge in [-0.25, -0.2) is 0 Å². The smallest absolute Gasteiger partial charge is 0.0171 e. The minimum Gasteiger partial charge on any atom is -0.103 e. The van der Waals surface area contributed by atoms with Gasteiger partial charge in [0, 0.05) is 5.41 Å². The van der Waals surface area contributed by atoms with E-state index in [4.69, 9.17) is 0 Å². The third-order valence-corrected chi connectivity index (χ3v) is 11.2. The van der Waals surface area contributed by atoms with Crippen LogP contribution >= 0.6 is 0 Å². The lowest BCUT2D eigenvalue weighted by atomic mass is 9.67. The van der Waals surface area contributed by atoms with Crippen molar-refractivity contribution in [1.29, 1.82) is 0 Å². The number of benzene rings is 4. The molecule has 0 saturated heterocycles. The predicted molar refractivity (Wildman–Crippen MR) is 218 cm³/mol. The molecule has 0 heterocycles. The van der Waals surface area contributed by atoms with E-state index in [1.165, 1.54) is 94.3 Å². The van der Waals surface area contributed by atoms with E-state index in [9.17, 15) is 0 Å². The zero-order valence-corrected chi connectivity index (χ0v) is 32.2. The van der Waals surface area contributed by atoms with Gasteiger partial charge in [-0.05, 0) is 138 Å². The molecule has 254 valence electrons. The van der Waals surface area contributed by atoms with Gasteiger partial charge in [0.1, 0.15) is 0 Å². The minimum atomic E-state index is -0.241. The summed E-state index contributed by atoms with van der Waals surface area (Å²) in [5.41, 5.74) is 21.3. The first-order chi connectivity index (χ1) is 23.2. The van der Waals surface area contributed by atoms with Crippen molar-refractivity contribution in [3.8, 4) is 0 Å². The first kappa shape index (κ1) is 34.9. The van der Waals surface area contributed by atoms with Gasteiger partial charge in [-0.3, -0.25) is 0 Å². The van der Waals surface area contributed by atoms with Crippen molar-refractivity contribution in [2.45, 2.75) is 119 Å². The molecular weight excluding hydrogens is 589 g/mol. The number of aryl methyl sites for hydroxylation is 2. The Labute approximate surface area is 297 Å². The fourth-order valence-electron chi connectivity index (χ4n) is 9.09. The molecule has 0 bridgehead atoms. The van der Waals surface area contributed by atoms with Crippen LogP contribution in [0.15, 0.2) is 79.9 Å². The summed E-state index contributed by atoms with van der Waals surface area (Å²) in [5.74, 6) is 0.785. The molecule has 0 saturated carbocycles. The van der Waals surface area contributed by atoms with Gasteiger partial charge in [-0.1, -0.05) is 142 Å².